The molecule has 440 valence electrons. The van der Waals surface area contributed by atoms with Crippen LogP contribution in [0.5, 0.6) is 0 Å². The van der Waals surface area contributed by atoms with Crippen molar-refractivity contribution in [2.45, 2.75) is 10.8 Å². The second kappa shape index (κ2) is 20.5. The van der Waals surface area contributed by atoms with Crippen molar-refractivity contribution in [1.82, 2.24) is 19.9 Å². The molecule has 2 aromatic heterocycles. The number of para-hydroxylation sites is 4. The highest BCUT2D eigenvalue weighted by Crippen LogP contribution is 2.65. The van der Waals surface area contributed by atoms with Crippen molar-refractivity contribution in [3.05, 3.63) is 378 Å². The number of hydrogen-bond donors (Lipinski definition) is 0. The van der Waals surface area contributed by atoms with Crippen LogP contribution in [0.2, 0.25) is 0 Å². The molecule has 2 spiro atoms. The maximum atomic E-state index is 5.54. The van der Waals surface area contributed by atoms with Crippen LogP contribution in [-0.4, -0.2) is 19.9 Å². The molecule has 2 heterocycles. The number of fused-ring (bicyclic) bond motifs is 22. The van der Waals surface area contributed by atoms with Crippen LogP contribution in [0.3, 0.4) is 0 Å². The first kappa shape index (κ1) is 53.2. The van der Waals surface area contributed by atoms with Crippen molar-refractivity contribution < 1.29 is 0 Å². The average Bonchev–Trinajstić information content (AvgIpc) is 1.52. The fraction of sp³-hybridized carbons (Fsp3) is 0.0222. The summed E-state index contributed by atoms with van der Waals surface area (Å²) in [5.41, 5.74) is 35.5. The first-order valence-electron chi connectivity index (χ1n) is 32.7. The Kier molecular flexibility index (Phi) is 11.5. The molecule has 0 saturated carbocycles. The summed E-state index contributed by atoms with van der Waals surface area (Å²) in [5.74, 6) is 0. The molecule has 20 rings (SSSR count). The molecule has 0 amide bonds. The van der Waals surface area contributed by atoms with E-state index in [1.807, 2.05) is 24.3 Å². The number of rotatable bonds is 8. The van der Waals surface area contributed by atoms with E-state index in [9.17, 15) is 0 Å². The Hall–Kier alpha value is -12.4. The van der Waals surface area contributed by atoms with Gasteiger partial charge in [0.05, 0.1) is 55.7 Å². The van der Waals surface area contributed by atoms with Crippen molar-refractivity contribution >= 4 is 39.1 Å². The highest BCUT2D eigenvalue weighted by atomic mass is 15.1. The number of nitrogens with zero attached hydrogens (tertiary/aromatic N) is 5. The summed E-state index contributed by atoms with van der Waals surface area (Å²) in [4.78, 5) is 24.4. The smallest absolute Gasteiger partial charge is 0.0973 e. The Morgan fingerprint density at radius 2 is 0.411 bits per heavy atom. The van der Waals surface area contributed by atoms with Gasteiger partial charge in [0.25, 0.3) is 0 Å². The largest absolute Gasteiger partial charge is 0.311 e. The van der Waals surface area contributed by atoms with Gasteiger partial charge in [0, 0.05) is 39.3 Å². The van der Waals surface area contributed by atoms with Gasteiger partial charge in [0.1, 0.15) is 0 Å². The van der Waals surface area contributed by atoms with Crippen molar-refractivity contribution in [2.75, 3.05) is 4.90 Å². The first-order valence-corrected chi connectivity index (χ1v) is 32.7. The van der Waals surface area contributed by atoms with E-state index in [-0.39, 0.29) is 0 Å². The van der Waals surface area contributed by atoms with Crippen LogP contribution in [0.4, 0.5) is 17.1 Å². The zero-order valence-corrected chi connectivity index (χ0v) is 51.5. The number of aromatic nitrogens is 4. The molecule has 4 aliphatic carbocycles. The maximum Gasteiger partial charge on any atom is 0.0973 e. The van der Waals surface area contributed by atoms with Crippen molar-refractivity contribution in [1.29, 1.82) is 0 Å². The Labute approximate surface area is 550 Å². The molecule has 0 fully saturated rings. The minimum absolute atomic E-state index is 0.496. The van der Waals surface area contributed by atoms with Crippen LogP contribution >= 0.6 is 0 Å². The number of anilines is 3. The van der Waals surface area contributed by atoms with Crippen LogP contribution in [0.25, 0.3) is 123 Å². The molecule has 4 aliphatic rings. The average molecular weight is 1210 g/mol. The van der Waals surface area contributed by atoms with Crippen LogP contribution in [0.15, 0.2) is 334 Å². The third kappa shape index (κ3) is 7.66. The highest BCUT2D eigenvalue weighted by Gasteiger charge is 2.53. The molecule has 16 aromatic rings. The van der Waals surface area contributed by atoms with E-state index in [0.29, 0.717) is 0 Å². The van der Waals surface area contributed by atoms with Gasteiger partial charge in [-0.2, -0.15) is 0 Å². The zero-order valence-electron chi connectivity index (χ0n) is 51.5. The predicted molar refractivity (Wildman–Crippen MR) is 387 cm³/mol. The van der Waals surface area contributed by atoms with Gasteiger partial charge in [-0.15, -0.1) is 0 Å². The predicted octanol–water partition coefficient (Wildman–Crippen LogP) is 22.1. The summed E-state index contributed by atoms with van der Waals surface area (Å²) in [6, 6.07) is 122. The SMILES string of the molecule is c1ccc(-c2ccc(N(c3ccc(-c4nc5ccccc5nc4-c4ccc5c(c4)C4(c6ccccc6-c6ccccc64)c4ccccc4-5)cc3)c3ccc(-c4nc5ccccc5nc4-c4ccc5c(c4)C4(c6ccccc6-c6ccccc64)c4ccccc4-5)cc3)cc2)cc1. The lowest BCUT2D eigenvalue weighted by Gasteiger charge is -2.30. The van der Waals surface area contributed by atoms with E-state index in [4.69, 9.17) is 19.9 Å². The summed E-state index contributed by atoms with van der Waals surface area (Å²) in [5, 5.41) is 0. The van der Waals surface area contributed by atoms with E-state index in [1.54, 1.807) is 0 Å². The summed E-state index contributed by atoms with van der Waals surface area (Å²) in [7, 11) is 0. The molecule has 0 saturated heterocycles. The second-order valence-corrected chi connectivity index (χ2v) is 25.5. The van der Waals surface area contributed by atoms with Gasteiger partial charge in [0.2, 0.25) is 0 Å². The van der Waals surface area contributed by atoms with E-state index in [0.717, 1.165) is 89.7 Å². The van der Waals surface area contributed by atoms with E-state index < -0.39 is 10.8 Å². The maximum absolute atomic E-state index is 5.54. The molecule has 95 heavy (non-hydrogen) atoms. The molecule has 0 bridgehead atoms. The molecule has 0 N–H and O–H groups in total. The summed E-state index contributed by atoms with van der Waals surface area (Å²) in [6.45, 7) is 0. The molecule has 0 radical (unpaired) electrons. The van der Waals surface area contributed by atoms with Gasteiger partial charge in [-0.3, -0.25) is 0 Å². The van der Waals surface area contributed by atoms with E-state index >= 15 is 0 Å². The van der Waals surface area contributed by atoms with Crippen LogP contribution < -0.4 is 4.90 Å². The minimum Gasteiger partial charge on any atom is -0.311 e. The van der Waals surface area contributed by atoms with Gasteiger partial charge < -0.3 is 4.90 Å². The van der Waals surface area contributed by atoms with E-state index in [1.165, 1.54) is 94.6 Å². The third-order valence-electron chi connectivity index (χ3n) is 20.7. The van der Waals surface area contributed by atoms with Gasteiger partial charge in [-0.05, 0) is 173 Å². The number of benzene rings is 14. The molecular formula is C90H55N5. The fourth-order valence-electron chi connectivity index (χ4n) is 16.7. The summed E-state index contributed by atoms with van der Waals surface area (Å²) < 4.78 is 0. The summed E-state index contributed by atoms with van der Waals surface area (Å²) in [6.07, 6.45) is 0. The van der Waals surface area contributed by atoms with E-state index in [2.05, 4.69) is 314 Å². The molecule has 5 nitrogen and oxygen atoms in total. The Morgan fingerprint density at radius 1 is 0.179 bits per heavy atom. The zero-order chi connectivity index (χ0) is 62.3. The van der Waals surface area contributed by atoms with Gasteiger partial charge >= 0.3 is 0 Å². The van der Waals surface area contributed by atoms with Crippen molar-refractivity contribution in [3.63, 3.8) is 0 Å². The lowest BCUT2D eigenvalue weighted by molar-refractivity contribution is 0.794. The molecule has 5 heteroatoms. The Bertz CT molecular complexity index is 5410. The third-order valence-corrected chi connectivity index (χ3v) is 20.7. The highest BCUT2D eigenvalue weighted by molar-refractivity contribution is 6.00. The standard InChI is InChI=1S/C90H55N5/c1-2-20-56(21-3-1)57-38-46-62(47-39-57)95(63-48-40-58(41-49-63)85-87(93-83-36-18-16-34-81(83)91-85)60-44-52-71-69-26-8-14-32-77(69)89(79(71)54-60)73-28-10-4-22-65(73)66-23-5-11-29-74(66)89)64-50-42-59(43-51-64)86-88(94-84-37-19-17-35-82(84)92-86)61-45-53-72-70-27-9-15-33-78(70)90(80(72)55-61)75-30-12-6-24-67(75)68-25-7-13-31-76(68)90/h1-55H. The molecular weight excluding hydrogens is 1150 g/mol. The molecule has 0 aliphatic heterocycles. The minimum atomic E-state index is -0.496. The normalized spacial score (nSPS) is 13.4. The Morgan fingerprint density at radius 3 is 0.726 bits per heavy atom. The van der Waals surface area contributed by atoms with Crippen molar-refractivity contribution in [3.8, 4) is 101 Å². The van der Waals surface area contributed by atoms with Crippen LogP contribution in [0, 0.1) is 0 Å². The molecule has 14 aromatic carbocycles. The fourth-order valence-corrected chi connectivity index (χ4v) is 16.7. The first-order chi connectivity index (χ1) is 47.1. The van der Waals surface area contributed by atoms with Gasteiger partial charge in [-0.1, -0.05) is 261 Å². The lowest BCUT2D eigenvalue weighted by Crippen LogP contribution is -2.25. The molecule has 0 atom stereocenters. The lowest BCUT2D eigenvalue weighted by atomic mass is 9.70. The van der Waals surface area contributed by atoms with Gasteiger partial charge in [-0.25, -0.2) is 19.9 Å². The quantitative estimate of drug-likeness (QED) is 0.152. The van der Waals surface area contributed by atoms with Gasteiger partial charge in [0.15, 0.2) is 0 Å². The molecule has 0 unspecified atom stereocenters. The Balaban J connectivity index is 0.712. The number of hydrogen-bond acceptors (Lipinski definition) is 5. The summed E-state index contributed by atoms with van der Waals surface area (Å²) >= 11 is 0. The van der Waals surface area contributed by atoms with Crippen LogP contribution in [0.1, 0.15) is 44.5 Å². The topological polar surface area (TPSA) is 54.8 Å². The van der Waals surface area contributed by atoms with Crippen LogP contribution in [-0.2, 0) is 10.8 Å². The second-order valence-electron chi connectivity index (χ2n) is 25.5. The monoisotopic (exact) mass is 1210 g/mol. The van der Waals surface area contributed by atoms with Crippen molar-refractivity contribution in [2.24, 2.45) is 0 Å².